The highest BCUT2D eigenvalue weighted by Gasteiger charge is 2.16. The van der Waals surface area contributed by atoms with Crippen LogP contribution in [0.4, 0.5) is 0 Å². The van der Waals surface area contributed by atoms with Gasteiger partial charge in [-0.2, -0.15) is 0 Å². The van der Waals surface area contributed by atoms with Gasteiger partial charge < -0.3 is 9.88 Å². The summed E-state index contributed by atoms with van der Waals surface area (Å²) in [6, 6.07) is 0.518. The molecule has 0 saturated heterocycles. The average molecular weight is 302 g/mol. The van der Waals surface area contributed by atoms with E-state index in [0.717, 1.165) is 19.4 Å². The van der Waals surface area contributed by atoms with Gasteiger partial charge in [0.15, 0.2) is 5.03 Å². The number of nitrogens with zero attached hydrogens (tertiary/aromatic N) is 2. The van der Waals surface area contributed by atoms with Crippen LogP contribution in [0.3, 0.4) is 0 Å². The SMILES string of the molecule is CCc1ncc(S(=O)(=O)NCCCCN(C)C(C)C)[nH]1. The predicted molar refractivity (Wildman–Crippen MR) is 80.2 cm³/mol. The number of aromatic nitrogens is 2. The van der Waals surface area contributed by atoms with Gasteiger partial charge in [-0.25, -0.2) is 18.1 Å². The summed E-state index contributed by atoms with van der Waals surface area (Å²) < 4.78 is 26.5. The molecule has 0 saturated carbocycles. The van der Waals surface area contributed by atoms with Crippen molar-refractivity contribution >= 4 is 10.0 Å². The van der Waals surface area contributed by atoms with Crippen molar-refractivity contribution in [3.8, 4) is 0 Å². The van der Waals surface area contributed by atoms with Crippen LogP contribution in [-0.2, 0) is 16.4 Å². The molecule has 2 N–H and O–H groups in total. The van der Waals surface area contributed by atoms with Gasteiger partial charge in [0.1, 0.15) is 5.82 Å². The van der Waals surface area contributed by atoms with E-state index >= 15 is 0 Å². The van der Waals surface area contributed by atoms with Gasteiger partial charge in [-0.15, -0.1) is 0 Å². The number of aryl methyl sites for hydroxylation is 1. The normalized spacial score (nSPS) is 12.5. The maximum Gasteiger partial charge on any atom is 0.257 e. The highest BCUT2D eigenvalue weighted by molar-refractivity contribution is 7.89. The standard InChI is InChI=1S/C13H26N4O2S/c1-5-12-14-10-13(16-12)20(18,19)15-8-6-7-9-17(4)11(2)3/h10-11,15H,5-9H2,1-4H3,(H,14,16). The molecule has 1 aromatic heterocycles. The number of sulfonamides is 1. The molecule has 1 rings (SSSR count). The first-order chi connectivity index (χ1) is 9.36. The Bertz CT molecular complexity index is 496. The molecule has 0 atom stereocenters. The van der Waals surface area contributed by atoms with Crippen LogP contribution in [0.15, 0.2) is 11.2 Å². The van der Waals surface area contributed by atoms with Crippen molar-refractivity contribution in [2.75, 3.05) is 20.1 Å². The molecule has 1 heterocycles. The number of unbranched alkanes of at least 4 members (excludes halogenated alkanes) is 1. The molecule has 0 unspecified atom stereocenters. The van der Waals surface area contributed by atoms with E-state index in [4.69, 9.17) is 0 Å². The Hall–Kier alpha value is -0.920. The van der Waals surface area contributed by atoms with E-state index in [1.807, 2.05) is 6.92 Å². The minimum Gasteiger partial charge on any atom is -0.332 e. The van der Waals surface area contributed by atoms with E-state index in [9.17, 15) is 8.42 Å². The Morgan fingerprint density at radius 1 is 1.40 bits per heavy atom. The quantitative estimate of drug-likeness (QED) is 0.675. The smallest absolute Gasteiger partial charge is 0.257 e. The number of nitrogens with one attached hydrogen (secondary N) is 2. The van der Waals surface area contributed by atoms with Crippen LogP contribution in [0.2, 0.25) is 0 Å². The van der Waals surface area contributed by atoms with Gasteiger partial charge in [-0.1, -0.05) is 6.92 Å². The van der Waals surface area contributed by atoms with Crippen molar-refractivity contribution in [2.24, 2.45) is 0 Å². The van der Waals surface area contributed by atoms with Gasteiger partial charge in [0.25, 0.3) is 10.0 Å². The Kier molecular flexibility index (Phi) is 6.64. The van der Waals surface area contributed by atoms with Crippen LogP contribution in [0.25, 0.3) is 0 Å². The van der Waals surface area contributed by atoms with E-state index < -0.39 is 10.0 Å². The molecule has 20 heavy (non-hydrogen) atoms. The molecule has 7 heteroatoms. The van der Waals surface area contributed by atoms with Crippen LogP contribution in [0, 0.1) is 0 Å². The fraction of sp³-hybridized carbons (Fsp3) is 0.769. The van der Waals surface area contributed by atoms with Gasteiger partial charge in [0, 0.05) is 19.0 Å². The zero-order valence-electron chi connectivity index (χ0n) is 12.8. The van der Waals surface area contributed by atoms with Gasteiger partial charge in [0.2, 0.25) is 0 Å². The van der Waals surface area contributed by atoms with E-state index in [1.165, 1.54) is 6.20 Å². The monoisotopic (exact) mass is 302 g/mol. The molecule has 0 aromatic carbocycles. The number of aromatic amines is 1. The molecule has 0 aliphatic carbocycles. The third-order valence-corrected chi connectivity index (χ3v) is 4.71. The second-order valence-electron chi connectivity index (χ2n) is 5.23. The Labute approximate surface area is 122 Å². The first kappa shape index (κ1) is 17.1. The Morgan fingerprint density at radius 2 is 2.10 bits per heavy atom. The molecule has 116 valence electrons. The minimum atomic E-state index is -3.45. The number of imidazole rings is 1. The summed E-state index contributed by atoms with van der Waals surface area (Å²) in [5.74, 6) is 0.684. The zero-order valence-corrected chi connectivity index (χ0v) is 13.6. The van der Waals surface area contributed by atoms with E-state index in [0.29, 0.717) is 24.8 Å². The molecule has 1 aromatic rings. The maximum atomic E-state index is 12.0. The van der Waals surface area contributed by atoms with Crippen LogP contribution in [-0.4, -0.2) is 49.5 Å². The average Bonchev–Trinajstić information content (AvgIpc) is 2.87. The lowest BCUT2D eigenvalue weighted by atomic mass is 10.2. The molecular weight excluding hydrogens is 276 g/mol. The second-order valence-corrected chi connectivity index (χ2v) is 6.96. The second kappa shape index (κ2) is 7.75. The highest BCUT2D eigenvalue weighted by Crippen LogP contribution is 2.06. The van der Waals surface area contributed by atoms with Crippen molar-refractivity contribution in [1.29, 1.82) is 0 Å². The topological polar surface area (TPSA) is 78.1 Å². The molecule has 0 aliphatic heterocycles. The number of rotatable bonds is 9. The molecule has 0 aliphatic rings. The lowest BCUT2D eigenvalue weighted by Gasteiger charge is -2.20. The van der Waals surface area contributed by atoms with Crippen molar-refractivity contribution in [3.63, 3.8) is 0 Å². The summed E-state index contributed by atoms with van der Waals surface area (Å²) in [4.78, 5) is 9.06. The molecule has 0 radical (unpaired) electrons. The molecule has 0 amide bonds. The van der Waals surface area contributed by atoms with Gasteiger partial charge >= 0.3 is 0 Å². The number of hydrogen-bond acceptors (Lipinski definition) is 4. The molecule has 6 nitrogen and oxygen atoms in total. The van der Waals surface area contributed by atoms with Crippen LogP contribution in [0.5, 0.6) is 0 Å². The van der Waals surface area contributed by atoms with Crippen LogP contribution in [0.1, 0.15) is 39.4 Å². The van der Waals surface area contributed by atoms with Crippen molar-refractivity contribution in [3.05, 3.63) is 12.0 Å². The molecule has 0 bridgehead atoms. The maximum absolute atomic E-state index is 12.0. The van der Waals surface area contributed by atoms with E-state index in [1.54, 1.807) is 0 Å². The first-order valence-corrected chi connectivity index (χ1v) is 8.59. The summed E-state index contributed by atoms with van der Waals surface area (Å²) in [6.45, 7) is 7.64. The Morgan fingerprint density at radius 3 is 2.65 bits per heavy atom. The van der Waals surface area contributed by atoms with E-state index in [2.05, 4.69) is 40.5 Å². The predicted octanol–water partition coefficient (Wildman–Crippen LogP) is 1.37. The largest absolute Gasteiger partial charge is 0.332 e. The third kappa shape index (κ3) is 5.22. The van der Waals surface area contributed by atoms with Crippen LogP contribution >= 0.6 is 0 Å². The molecular formula is C13H26N4O2S. The van der Waals surface area contributed by atoms with Crippen molar-refractivity contribution < 1.29 is 8.42 Å². The van der Waals surface area contributed by atoms with Gasteiger partial charge in [0.05, 0.1) is 6.20 Å². The van der Waals surface area contributed by atoms with Gasteiger partial charge in [-0.05, 0) is 40.3 Å². The summed E-state index contributed by atoms with van der Waals surface area (Å²) >= 11 is 0. The Balaban J connectivity index is 2.34. The van der Waals surface area contributed by atoms with Crippen molar-refractivity contribution in [1.82, 2.24) is 19.6 Å². The number of H-pyrrole nitrogens is 1. The van der Waals surface area contributed by atoms with Gasteiger partial charge in [-0.3, -0.25) is 0 Å². The summed E-state index contributed by atoms with van der Waals surface area (Å²) in [7, 11) is -1.37. The van der Waals surface area contributed by atoms with Crippen LogP contribution < -0.4 is 4.72 Å². The minimum absolute atomic E-state index is 0.147. The summed E-state index contributed by atoms with van der Waals surface area (Å²) in [5, 5.41) is 0.147. The first-order valence-electron chi connectivity index (χ1n) is 7.10. The lowest BCUT2D eigenvalue weighted by molar-refractivity contribution is 0.268. The summed E-state index contributed by atoms with van der Waals surface area (Å²) in [6.07, 6.45) is 3.86. The number of hydrogen-bond donors (Lipinski definition) is 2. The fourth-order valence-electron chi connectivity index (χ4n) is 1.69. The zero-order chi connectivity index (χ0) is 15.2. The lowest BCUT2D eigenvalue weighted by Crippen LogP contribution is -2.29. The third-order valence-electron chi connectivity index (χ3n) is 3.34. The molecule has 0 fully saturated rings. The van der Waals surface area contributed by atoms with E-state index in [-0.39, 0.29) is 5.03 Å². The van der Waals surface area contributed by atoms with Crippen molar-refractivity contribution in [2.45, 2.75) is 51.1 Å². The fourth-order valence-corrected chi connectivity index (χ4v) is 2.70. The highest BCUT2D eigenvalue weighted by atomic mass is 32.2. The summed E-state index contributed by atoms with van der Waals surface area (Å²) in [5.41, 5.74) is 0. The molecule has 0 spiro atoms.